The van der Waals surface area contributed by atoms with Crippen molar-refractivity contribution in [1.29, 1.82) is 0 Å². The third-order valence-corrected chi connectivity index (χ3v) is 3.92. The molecule has 0 bridgehead atoms. The fourth-order valence-corrected chi connectivity index (χ4v) is 2.47. The zero-order valence-electron chi connectivity index (χ0n) is 13.3. The molecule has 0 radical (unpaired) electrons. The van der Waals surface area contributed by atoms with Crippen LogP contribution in [0.4, 0.5) is 4.39 Å². The molecular weight excluding hydrogens is 379 g/mol. The average molecular weight is 395 g/mol. The first-order valence-corrected chi connectivity index (χ1v) is 7.97. The largest absolute Gasteiger partial charge is 0.496 e. The highest BCUT2D eigenvalue weighted by molar-refractivity contribution is 9.10. The van der Waals surface area contributed by atoms with Crippen LogP contribution in [0.5, 0.6) is 5.75 Å². The standard InChI is InChI=1S/C18H16BrFO4/c1-11(21)12-4-6-17(23-2)14(7-12)8-18(22)24-10-13-3-5-15(19)9-16(13)20/h3-7,9H,8,10H2,1-2H3. The Morgan fingerprint density at radius 2 is 1.88 bits per heavy atom. The van der Waals surface area contributed by atoms with Crippen LogP contribution in [0.2, 0.25) is 0 Å². The fourth-order valence-electron chi connectivity index (χ4n) is 2.14. The van der Waals surface area contributed by atoms with E-state index in [0.29, 0.717) is 21.3 Å². The zero-order chi connectivity index (χ0) is 17.7. The van der Waals surface area contributed by atoms with E-state index < -0.39 is 11.8 Å². The first-order chi connectivity index (χ1) is 11.4. The Bertz CT molecular complexity index is 774. The number of benzene rings is 2. The summed E-state index contributed by atoms with van der Waals surface area (Å²) in [6.07, 6.45) is -0.0670. The van der Waals surface area contributed by atoms with Crippen molar-refractivity contribution in [2.24, 2.45) is 0 Å². The molecule has 0 spiro atoms. The van der Waals surface area contributed by atoms with Gasteiger partial charge < -0.3 is 9.47 Å². The molecule has 0 fully saturated rings. The van der Waals surface area contributed by atoms with Crippen molar-refractivity contribution in [2.45, 2.75) is 20.0 Å². The summed E-state index contributed by atoms with van der Waals surface area (Å²) in [5.74, 6) is -0.597. The predicted molar refractivity (Wildman–Crippen MR) is 90.6 cm³/mol. The van der Waals surface area contributed by atoms with E-state index in [0.717, 1.165) is 0 Å². The van der Waals surface area contributed by atoms with Gasteiger partial charge in [0.1, 0.15) is 18.2 Å². The lowest BCUT2D eigenvalue weighted by atomic mass is 10.0. The highest BCUT2D eigenvalue weighted by atomic mass is 79.9. The van der Waals surface area contributed by atoms with E-state index in [1.165, 1.54) is 20.1 Å². The number of rotatable bonds is 6. The average Bonchev–Trinajstić information content (AvgIpc) is 2.53. The first kappa shape index (κ1) is 18.1. The summed E-state index contributed by atoms with van der Waals surface area (Å²) in [4.78, 5) is 23.5. The van der Waals surface area contributed by atoms with Gasteiger partial charge in [-0.05, 0) is 37.3 Å². The second kappa shape index (κ2) is 8.06. The van der Waals surface area contributed by atoms with Crippen LogP contribution in [0.1, 0.15) is 28.4 Å². The number of hydrogen-bond donors (Lipinski definition) is 0. The molecule has 2 rings (SSSR count). The molecule has 0 unspecified atom stereocenters. The van der Waals surface area contributed by atoms with Gasteiger partial charge in [0.05, 0.1) is 13.5 Å². The summed E-state index contributed by atoms with van der Waals surface area (Å²) in [5.41, 5.74) is 1.32. The van der Waals surface area contributed by atoms with Crippen molar-refractivity contribution in [1.82, 2.24) is 0 Å². The molecule has 24 heavy (non-hydrogen) atoms. The summed E-state index contributed by atoms with van der Waals surface area (Å²) in [5, 5.41) is 0. The molecule has 6 heteroatoms. The quantitative estimate of drug-likeness (QED) is 0.546. The van der Waals surface area contributed by atoms with Crippen LogP contribution in [0.25, 0.3) is 0 Å². The van der Waals surface area contributed by atoms with Gasteiger partial charge in [-0.15, -0.1) is 0 Å². The number of hydrogen-bond acceptors (Lipinski definition) is 4. The molecule has 0 aliphatic rings. The van der Waals surface area contributed by atoms with Crippen molar-refractivity contribution in [3.63, 3.8) is 0 Å². The number of carbonyl (C=O) groups excluding carboxylic acids is 2. The highest BCUT2D eigenvalue weighted by Gasteiger charge is 2.13. The summed E-state index contributed by atoms with van der Waals surface area (Å²) < 4.78 is 24.6. The van der Waals surface area contributed by atoms with Gasteiger partial charge in [0.25, 0.3) is 0 Å². The van der Waals surface area contributed by atoms with Gasteiger partial charge in [-0.25, -0.2) is 4.39 Å². The molecular formula is C18H16BrFO4. The Labute approximate surface area is 147 Å². The van der Waals surface area contributed by atoms with Crippen molar-refractivity contribution in [2.75, 3.05) is 7.11 Å². The van der Waals surface area contributed by atoms with Gasteiger partial charge in [-0.3, -0.25) is 9.59 Å². The van der Waals surface area contributed by atoms with Crippen LogP contribution in [0.15, 0.2) is 40.9 Å². The fraction of sp³-hybridized carbons (Fsp3) is 0.222. The van der Waals surface area contributed by atoms with E-state index >= 15 is 0 Å². The number of Topliss-reactive ketones (excluding diaryl/α,β-unsaturated/α-hetero) is 1. The Morgan fingerprint density at radius 3 is 2.50 bits per heavy atom. The van der Waals surface area contributed by atoms with Crippen LogP contribution in [-0.2, 0) is 22.6 Å². The molecule has 126 valence electrons. The number of ketones is 1. The molecule has 0 aliphatic carbocycles. The van der Waals surface area contributed by atoms with Crippen LogP contribution < -0.4 is 4.74 Å². The minimum atomic E-state index is -0.531. The Kier molecular flexibility index (Phi) is 6.09. The number of ether oxygens (including phenoxy) is 2. The van der Waals surface area contributed by atoms with E-state index in [2.05, 4.69) is 15.9 Å². The van der Waals surface area contributed by atoms with Gasteiger partial charge in [-0.1, -0.05) is 22.0 Å². The van der Waals surface area contributed by atoms with Crippen LogP contribution in [0, 0.1) is 5.82 Å². The minimum Gasteiger partial charge on any atom is -0.496 e. The lowest BCUT2D eigenvalue weighted by Crippen LogP contribution is -2.10. The van der Waals surface area contributed by atoms with Crippen LogP contribution >= 0.6 is 15.9 Å². The molecule has 4 nitrogen and oxygen atoms in total. The van der Waals surface area contributed by atoms with E-state index in [9.17, 15) is 14.0 Å². The maximum Gasteiger partial charge on any atom is 0.310 e. The van der Waals surface area contributed by atoms with E-state index in [1.807, 2.05) is 0 Å². The molecule has 0 N–H and O–H groups in total. The predicted octanol–water partition coefficient (Wildman–Crippen LogP) is 4.09. The Morgan fingerprint density at radius 1 is 1.12 bits per heavy atom. The van der Waals surface area contributed by atoms with Crippen molar-refractivity contribution in [3.05, 3.63) is 63.4 Å². The maximum atomic E-state index is 13.7. The normalized spacial score (nSPS) is 10.3. The second-order valence-electron chi connectivity index (χ2n) is 5.16. The topological polar surface area (TPSA) is 52.6 Å². The molecule has 0 heterocycles. The lowest BCUT2D eigenvalue weighted by Gasteiger charge is -2.10. The van der Waals surface area contributed by atoms with Crippen LogP contribution in [0.3, 0.4) is 0 Å². The summed E-state index contributed by atoms with van der Waals surface area (Å²) in [6.45, 7) is 1.28. The molecule has 0 saturated heterocycles. The molecule has 2 aromatic rings. The van der Waals surface area contributed by atoms with E-state index in [1.54, 1.807) is 30.3 Å². The number of esters is 1. The van der Waals surface area contributed by atoms with Crippen molar-refractivity contribution >= 4 is 27.7 Å². The summed E-state index contributed by atoms with van der Waals surface area (Å²) >= 11 is 3.17. The van der Waals surface area contributed by atoms with Gasteiger partial charge >= 0.3 is 5.97 Å². The third kappa shape index (κ3) is 4.64. The Hall–Kier alpha value is -2.21. The number of halogens is 2. The maximum absolute atomic E-state index is 13.7. The molecule has 0 amide bonds. The van der Waals surface area contributed by atoms with Gasteiger partial charge in [0.2, 0.25) is 0 Å². The molecule has 0 saturated carbocycles. The van der Waals surface area contributed by atoms with Crippen LogP contribution in [-0.4, -0.2) is 18.9 Å². The molecule has 2 aromatic carbocycles. The zero-order valence-corrected chi connectivity index (χ0v) is 14.9. The summed E-state index contributed by atoms with van der Waals surface area (Å²) in [7, 11) is 1.48. The Balaban J connectivity index is 2.06. The third-order valence-electron chi connectivity index (χ3n) is 3.43. The smallest absolute Gasteiger partial charge is 0.310 e. The number of carbonyl (C=O) groups is 2. The number of methoxy groups -OCH3 is 1. The SMILES string of the molecule is COc1ccc(C(C)=O)cc1CC(=O)OCc1ccc(Br)cc1F. The lowest BCUT2D eigenvalue weighted by molar-refractivity contribution is -0.144. The molecule has 0 aliphatic heterocycles. The molecule has 0 aromatic heterocycles. The van der Waals surface area contributed by atoms with Gasteiger partial charge in [0, 0.05) is 21.2 Å². The summed E-state index contributed by atoms with van der Waals surface area (Å²) in [6, 6.07) is 9.39. The first-order valence-electron chi connectivity index (χ1n) is 7.18. The minimum absolute atomic E-state index is 0.0670. The second-order valence-corrected chi connectivity index (χ2v) is 6.07. The van der Waals surface area contributed by atoms with Crippen molar-refractivity contribution in [3.8, 4) is 5.75 Å². The van der Waals surface area contributed by atoms with E-state index in [4.69, 9.17) is 9.47 Å². The van der Waals surface area contributed by atoms with Crippen molar-refractivity contribution < 1.29 is 23.5 Å². The highest BCUT2D eigenvalue weighted by Crippen LogP contribution is 2.22. The van der Waals surface area contributed by atoms with Gasteiger partial charge in [0.15, 0.2) is 5.78 Å². The monoisotopic (exact) mass is 394 g/mol. The van der Waals surface area contributed by atoms with E-state index in [-0.39, 0.29) is 24.4 Å². The van der Waals surface area contributed by atoms with Gasteiger partial charge in [-0.2, -0.15) is 0 Å². The molecule has 0 atom stereocenters.